The third-order valence-electron chi connectivity index (χ3n) is 4.96. The fraction of sp³-hybridized carbons (Fsp3) is 0.381. The zero-order valence-electron chi connectivity index (χ0n) is 16.0. The summed E-state index contributed by atoms with van der Waals surface area (Å²) < 4.78 is 32.9. The van der Waals surface area contributed by atoms with Crippen LogP contribution in [0.1, 0.15) is 41.6 Å². The van der Waals surface area contributed by atoms with Crippen LogP contribution in [0.3, 0.4) is 0 Å². The number of carbonyl (C=O) groups excluding carboxylic acids is 1. The van der Waals surface area contributed by atoms with E-state index in [0.717, 1.165) is 31.2 Å². The van der Waals surface area contributed by atoms with Gasteiger partial charge in [-0.1, -0.05) is 37.1 Å². The minimum Gasteiger partial charge on any atom is -0.496 e. The summed E-state index contributed by atoms with van der Waals surface area (Å²) in [6.07, 6.45) is 4.57. The second kappa shape index (κ2) is 9.21. The summed E-state index contributed by atoms with van der Waals surface area (Å²) in [5, 5.41) is 2.87. The molecule has 1 fully saturated rings. The average Bonchev–Trinajstić information content (AvgIpc) is 3.20. The topological polar surface area (TPSA) is 84.5 Å². The first-order valence-corrected chi connectivity index (χ1v) is 11.0. The van der Waals surface area contributed by atoms with Gasteiger partial charge in [-0.05, 0) is 49.1 Å². The molecule has 0 aliphatic heterocycles. The lowest BCUT2D eigenvalue weighted by atomic mass is 10.1. The highest BCUT2D eigenvalue weighted by atomic mass is 32.2. The first kappa shape index (κ1) is 20.4. The number of hydrogen-bond acceptors (Lipinski definition) is 4. The minimum atomic E-state index is -3.47. The maximum absolute atomic E-state index is 12.4. The number of ether oxygens (including phenoxy) is 1. The van der Waals surface area contributed by atoms with E-state index in [2.05, 4.69) is 10.0 Å². The first-order valence-electron chi connectivity index (χ1n) is 9.52. The zero-order chi connectivity index (χ0) is 20.0. The molecule has 1 aliphatic carbocycles. The van der Waals surface area contributed by atoms with E-state index < -0.39 is 10.0 Å². The van der Waals surface area contributed by atoms with Gasteiger partial charge in [-0.15, -0.1) is 0 Å². The lowest BCUT2D eigenvalue weighted by Crippen LogP contribution is -2.32. The third kappa shape index (κ3) is 5.11. The van der Waals surface area contributed by atoms with Crippen LogP contribution >= 0.6 is 0 Å². The maximum atomic E-state index is 12.4. The van der Waals surface area contributed by atoms with Gasteiger partial charge in [0.05, 0.1) is 17.6 Å². The van der Waals surface area contributed by atoms with E-state index in [1.807, 2.05) is 6.07 Å². The van der Waals surface area contributed by atoms with Crippen LogP contribution in [0.4, 0.5) is 0 Å². The summed E-state index contributed by atoms with van der Waals surface area (Å²) in [6, 6.07) is 13.9. The quantitative estimate of drug-likeness (QED) is 0.711. The van der Waals surface area contributed by atoms with E-state index in [-0.39, 0.29) is 16.8 Å². The van der Waals surface area contributed by atoms with E-state index >= 15 is 0 Å². The number of nitrogens with one attached hydrogen (secondary N) is 2. The van der Waals surface area contributed by atoms with Crippen LogP contribution < -0.4 is 14.8 Å². The number of sulfonamides is 1. The molecular weight excluding hydrogens is 376 g/mol. The predicted octanol–water partition coefficient (Wildman–Crippen LogP) is 2.89. The fourth-order valence-electron chi connectivity index (χ4n) is 3.41. The molecule has 3 rings (SSSR count). The molecule has 0 saturated heterocycles. The average molecular weight is 403 g/mol. The maximum Gasteiger partial charge on any atom is 0.255 e. The van der Waals surface area contributed by atoms with E-state index in [4.69, 9.17) is 4.74 Å². The van der Waals surface area contributed by atoms with Crippen LogP contribution in [-0.4, -0.2) is 34.0 Å². The van der Waals surface area contributed by atoms with Crippen molar-refractivity contribution in [2.24, 2.45) is 0 Å². The van der Waals surface area contributed by atoms with Crippen molar-refractivity contribution < 1.29 is 17.9 Å². The molecule has 0 bridgehead atoms. The SMILES string of the molecule is COc1ccccc1C(=O)NCCc1ccc(S(=O)(=O)NC2CCCC2)cc1. The van der Waals surface area contributed by atoms with E-state index in [1.54, 1.807) is 42.5 Å². The molecule has 2 aromatic rings. The Morgan fingerprint density at radius 2 is 1.75 bits per heavy atom. The lowest BCUT2D eigenvalue weighted by Gasteiger charge is -2.13. The third-order valence-corrected chi connectivity index (χ3v) is 6.50. The zero-order valence-corrected chi connectivity index (χ0v) is 16.8. The van der Waals surface area contributed by atoms with Gasteiger partial charge >= 0.3 is 0 Å². The van der Waals surface area contributed by atoms with Gasteiger partial charge in [-0.3, -0.25) is 4.79 Å². The van der Waals surface area contributed by atoms with E-state index in [0.29, 0.717) is 24.3 Å². The molecule has 1 amide bonds. The Balaban J connectivity index is 1.53. The number of carbonyl (C=O) groups is 1. The molecule has 0 atom stereocenters. The highest BCUT2D eigenvalue weighted by molar-refractivity contribution is 7.89. The smallest absolute Gasteiger partial charge is 0.255 e. The molecule has 0 unspecified atom stereocenters. The first-order chi connectivity index (χ1) is 13.5. The van der Waals surface area contributed by atoms with Gasteiger partial charge in [-0.25, -0.2) is 13.1 Å². The molecule has 7 heteroatoms. The molecule has 2 N–H and O–H groups in total. The Kier molecular flexibility index (Phi) is 6.70. The van der Waals surface area contributed by atoms with Gasteiger partial charge in [0.1, 0.15) is 5.75 Å². The number of hydrogen-bond donors (Lipinski definition) is 2. The van der Waals surface area contributed by atoms with Gasteiger partial charge in [0, 0.05) is 12.6 Å². The number of para-hydroxylation sites is 1. The summed E-state index contributed by atoms with van der Waals surface area (Å²) in [6.45, 7) is 0.448. The van der Waals surface area contributed by atoms with Crippen LogP contribution in [0, 0.1) is 0 Å². The standard InChI is InChI=1S/C21H26N2O4S/c1-27-20-9-5-4-8-19(20)21(24)22-15-14-16-10-12-18(13-11-16)28(25,26)23-17-6-2-3-7-17/h4-5,8-13,17,23H,2-3,6-7,14-15H2,1H3,(H,22,24). The molecule has 6 nitrogen and oxygen atoms in total. The van der Waals surface area contributed by atoms with Crippen molar-refractivity contribution in [2.75, 3.05) is 13.7 Å². The number of amides is 1. The van der Waals surface area contributed by atoms with E-state index in [9.17, 15) is 13.2 Å². The molecule has 1 saturated carbocycles. The summed E-state index contributed by atoms with van der Waals surface area (Å²) in [5.41, 5.74) is 1.45. The Hall–Kier alpha value is -2.38. The fourth-order valence-corrected chi connectivity index (χ4v) is 4.72. The molecule has 0 spiro atoms. The number of methoxy groups -OCH3 is 1. The molecule has 2 aromatic carbocycles. The number of rotatable bonds is 8. The Labute approximate surface area is 166 Å². The largest absolute Gasteiger partial charge is 0.496 e. The van der Waals surface area contributed by atoms with Gasteiger partial charge < -0.3 is 10.1 Å². The molecular formula is C21H26N2O4S. The van der Waals surface area contributed by atoms with Crippen molar-refractivity contribution in [2.45, 2.75) is 43.0 Å². The van der Waals surface area contributed by atoms with Crippen LogP contribution in [0.25, 0.3) is 0 Å². The highest BCUT2D eigenvalue weighted by Gasteiger charge is 2.22. The van der Waals surface area contributed by atoms with E-state index in [1.165, 1.54) is 7.11 Å². The van der Waals surface area contributed by atoms with Gasteiger partial charge in [0.15, 0.2) is 0 Å². The van der Waals surface area contributed by atoms with Crippen molar-refractivity contribution in [1.82, 2.24) is 10.0 Å². The minimum absolute atomic E-state index is 0.0508. The molecule has 1 aliphatic rings. The van der Waals surface area contributed by atoms with Crippen molar-refractivity contribution in [3.63, 3.8) is 0 Å². The Morgan fingerprint density at radius 3 is 2.43 bits per heavy atom. The summed E-state index contributed by atoms with van der Waals surface area (Å²) in [7, 11) is -1.94. The monoisotopic (exact) mass is 402 g/mol. The van der Waals surface area contributed by atoms with Crippen LogP contribution in [-0.2, 0) is 16.4 Å². The molecule has 28 heavy (non-hydrogen) atoms. The lowest BCUT2D eigenvalue weighted by molar-refractivity contribution is 0.0951. The second-order valence-corrected chi connectivity index (χ2v) is 8.67. The normalized spacial score (nSPS) is 14.8. The summed E-state index contributed by atoms with van der Waals surface area (Å²) >= 11 is 0. The van der Waals surface area contributed by atoms with Crippen molar-refractivity contribution >= 4 is 15.9 Å². The number of benzene rings is 2. The van der Waals surface area contributed by atoms with Crippen LogP contribution in [0.5, 0.6) is 5.75 Å². The van der Waals surface area contributed by atoms with Crippen LogP contribution in [0.15, 0.2) is 53.4 Å². The van der Waals surface area contributed by atoms with Gasteiger partial charge in [0.25, 0.3) is 5.91 Å². The van der Waals surface area contributed by atoms with Crippen molar-refractivity contribution in [3.05, 3.63) is 59.7 Å². The van der Waals surface area contributed by atoms with Crippen LogP contribution in [0.2, 0.25) is 0 Å². The van der Waals surface area contributed by atoms with Crippen molar-refractivity contribution in [3.8, 4) is 5.75 Å². The molecule has 150 valence electrons. The second-order valence-electron chi connectivity index (χ2n) is 6.95. The molecule has 0 heterocycles. The van der Waals surface area contributed by atoms with Crippen molar-refractivity contribution in [1.29, 1.82) is 0 Å². The van der Waals surface area contributed by atoms with Gasteiger partial charge in [0.2, 0.25) is 10.0 Å². The molecule has 0 aromatic heterocycles. The molecule has 0 radical (unpaired) electrons. The Morgan fingerprint density at radius 1 is 1.07 bits per heavy atom. The highest BCUT2D eigenvalue weighted by Crippen LogP contribution is 2.21. The summed E-state index contributed by atoms with van der Waals surface area (Å²) in [4.78, 5) is 12.6. The summed E-state index contributed by atoms with van der Waals surface area (Å²) in [5.74, 6) is 0.335. The predicted molar refractivity (Wildman–Crippen MR) is 108 cm³/mol. The Bertz CT molecular complexity index is 904. The van der Waals surface area contributed by atoms with Gasteiger partial charge in [-0.2, -0.15) is 0 Å².